The van der Waals surface area contributed by atoms with Crippen LogP contribution in [-0.2, 0) is 16.1 Å². The fourth-order valence-corrected chi connectivity index (χ4v) is 2.30. The average molecular weight is 248 g/mol. The Morgan fingerprint density at radius 3 is 2.94 bits per heavy atom. The maximum absolute atomic E-state index is 12.0. The quantitative estimate of drug-likeness (QED) is 0.866. The second-order valence-electron chi connectivity index (χ2n) is 4.94. The molecule has 0 bridgehead atoms. The molecule has 2 amide bonds. The summed E-state index contributed by atoms with van der Waals surface area (Å²) < 4.78 is 5.24. The summed E-state index contributed by atoms with van der Waals surface area (Å²) in [7, 11) is 0. The van der Waals surface area contributed by atoms with Gasteiger partial charge in [-0.2, -0.15) is 0 Å². The van der Waals surface area contributed by atoms with Crippen LogP contribution in [0, 0.1) is 0 Å². The number of rotatable bonds is 4. The molecule has 18 heavy (non-hydrogen) atoms. The van der Waals surface area contributed by atoms with Gasteiger partial charge in [-0.15, -0.1) is 0 Å². The van der Waals surface area contributed by atoms with Crippen molar-refractivity contribution in [1.82, 2.24) is 10.2 Å². The van der Waals surface area contributed by atoms with Gasteiger partial charge in [-0.1, -0.05) is 0 Å². The first-order chi connectivity index (χ1) is 8.74. The molecular weight excluding hydrogens is 232 g/mol. The maximum Gasteiger partial charge on any atom is 0.243 e. The SMILES string of the molecule is O=C(NC1CC1)[C@@H]1CCC(=O)N1Cc1ccco1. The zero-order valence-electron chi connectivity index (χ0n) is 10.1. The summed E-state index contributed by atoms with van der Waals surface area (Å²) in [5.74, 6) is 0.728. The van der Waals surface area contributed by atoms with Gasteiger partial charge in [0.2, 0.25) is 11.8 Å². The molecule has 1 aliphatic heterocycles. The number of amides is 2. The molecule has 1 aromatic heterocycles. The van der Waals surface area contributed by atoms with Crippen molar-refractivity contribution in [2.45, 2.75) is 44.3 Å². The summed E-state index contributed by atoms with van der Waals surface area (Å²) in [6.07, 6.45) is 4.76. The smallest absolute Gasteiger partial charge is 0.243 e. The third-order valence-corrected chi connectivity index (χ3v) is 3.46. The zero-order chi connectivity index (χ0) is 12.5. The molecule has 0 radical (unpaired) electrons. The standard InChI is InChI=1S/C13H16N2O3/c16-12-6-5-11(13(17)14-9-3-4-9)15(12)8-10-2-1-7-18-10/h1-2,7,9,11H,3-6,8H2,(H,14,17)/t11-/m0/s1. The van der Waals surface area contributed by atoms with E-state index in [9.17, 15) is 9.59 Å². The van der Waals surface area contributed by atoms with Crippen LogP contribution in [-0.4, -0.2) is 28.8 Å². The Labute approximate surface area is 105 Å². The van der Waals surface area contributed by atoms with E-state index in [1.54, 1.807) is 17.2 Å². The van der Waals surface area contributed by atoms with E-state index < -0.39 is 0 Å². The molecule has 1 saturated heterocycles. The lowest BCUT2D eigenvalue weighted by Crippen LogP contribution is -2.44. The van der Waals surface area contributed by atoms with Gasteiger partial charge in [0, 0.05) is 12.5 Å². The Morgan fingerprint density at radius 2 is 2.28 bits per heavy atom. The molecule has 1 atom stereocenters. The number of nitrogens with one attached hydrogen (secondary N) is 1. The van der Waals surface area contributed by atoms with Gasteiger partial charge >= 0.3 is 0 Å². The highest BCUT2D eigenvalue weighted by Crippen LogP contribution is 2.24. The van der Waals surface area contributed by atoms with Gasteiger partial charge in [-0.25, -0.2) is 0 Å². The van der Waals surface area contributed by atoms with Crippen LogP contribution in [0.2, 0.25) is 0 Å². The first kappa shape index (κ1) is 11.3. The molecular formula is C13H16N2O3. The Morgan fingerprint density at radius 1 is 1.44 bits per heavy atom. The van der Waals surface area contributed by atoms with Crippen LogP contribution in [0.3, 0.4) is 0 Å². The number of carbonyl (C=O) groups is 2. The highest BCUT2D eigenvalue weighted by atomic mass is 16.3. The van der Waals surface area contributed by atoms with Gasteiger partial charge in [0.25, 0.3) is 0 Å². The minimum absolute atomic E-state index is 0.0186. The minimum Gasteiger partial charge on any atom is -0.467 e. The number of hydrogen-bond acceptors (Lipinski definition) is 3. The van der Waals surface area contributed by atoms with Crippen LogP contribution in [0.15, 0.2) is 22.8 Å². The summed E-state index contributed by atoms with van der Waals surface area (Å²) >= 11 is 0. The Kier molecular flexibility index (Phi) is 2.81. The topological polar surface area (TPSA) is 62.6 Å². The third-order valence-electron chi connectivity index (χ3n) is 3.46. The van der Waals surface area contributed by atoms with Crippen LogP contribution < -0.4 is 5.32 Å². The van der Waals surface area contributed by atoms with E-state index >= 15 is 0 Å². The molecule has 1 aliphatic carbocycles. The fourth-order valence-electron chi connectivity index (χ4n) is 2.30. The summed E-state index contributed by atoms with van der Waals surface area (Å²) in [5, 5.41) is 2.96. The van der Waals surface area contributed by atoms with E-state index in [1.807, 2.05) is 6.07 Å². The van der Waals surface area contributed by atoms with Gasteiger partial charge < -0.3 is 14.6 Å². The average Bonchev–Trinajstić information content (AvgIpc) is 2.88. The first-order valence-corrected chi connectivity index (χ1v) is 6.36. The molecule has 96 valence electrons. The van der Waals surface area contributed by atoms with Crippen LogP contribution in [0.1, 0.15) is 31.4 Å². The van der Waals surface area contributed by atoms with E-state index in [4.69, 9.17) is 4.42 Å². The van der Waals surface area contributed by atoms with Gasteiger partial charge in [0.05, 0.1) is 12.8 Å². The van der Waals surface area contributed by atoms with E-state index in [0.29, 0.717) is 25.4 Å². The van der Waals surface area contributed by atoms with Crippen molar-refractivity contribution < 1.29 is 14.0 Å². The summed E-state index contributed by atoms with van der Waals surface area (Å²) in [5.41, 5.74) is 0. The highest BCUT2D eigenvalue weighted by molar-refractivity contribution is 5.91. The van der Waals surface area contributed by atoms with E-state index in [-0.39, 0.29) is 17.9 Å². The number of hydrogen-bond donors (Lipinski definition) is 1. The predicted octanol–water partition coefficient (Wildman–Crippen LogP) is 1.05. The van der Waals surface area contributed by atoms with Crippen LogP contribution in [0.4, 0.5) is 0 Å². The zero-order valence-corrected chi connectivity index (χ0v) is 10.1. The highest BCUT2D eigenvalue weighted by Gasteiger charge is 2.38. The second kappa shape index (κ2) is 4.48. The van der Waals surface area contributed by atoms with Crippen molar-refractivity contribution in [3.8, 4) is 0 Å². The van der Waals surface area contributed by atoms with E-state index in [2.05, 4.69) is 5.32 Å². The first-order valence-electron chi connectivity index (χ1n) is 6.36. The Hall–Kier alpha value is -1.78. The summed E-state index contributed by atoms with van der Waals surface area (Å²) in [6, 6.07) is 3.61. The monoisotopic (exact) mass is 248 g/mol. The second-order valence-corrected chi connectivity index (χ2v) is 4.94. The molecule has 2 fully saturated rings. The van der Waals surface area contributed by atoms with E-state index in [0.717, 1.165) is 18.6 Å². The van der Waals surface area contributed by atoms with Gasteiger partial charge in [0.15, 0.2) is 0 Å². The molecule has 2 heterocycles. The molecule has 1 saturated carbocycles. The normalized spacial score (nSPS) is 23.4. The number of likely N-dealkylation sites (tertiary alicyclic amines) is 1. The predicted molar refractivity (Wildman–Crippen MR) is 63.4 cm³/mol. The Bertz CT molecular complexity index is 451. The van der Waals surface area contributed by atoms with Gasteiger partial charge in [0.1, 0.15) is 11.8 Å². The molecule has 5 heteroatoms. The molecule has 1 aromatic rings. The fraction of sp³-hybridized carbons (Fsp3) is 0.538. The van der Waals surface area contributed by atoms with Crippen LogP contribution in [0.5, 0.6) is 0 Å². The molecule has 2 aliphatic rings. The van der Waals surface area contributed by atoms with Gasteiger partial charge in [-0.05, 0) is 31.4 Å². The van der Waals surface area contributed by atoms with Crippen molar-refractivity contribution in [1.29, 1.82) is 0 Å². The summed E-state index contributed by atoms with van der Waals surface area (Å²) in [4.78, 5) is 25.5. The Balaban J connectivity index is 1.68. The van der Waals surface area contributed by atoms with E-state index in [1.165, 1.54) is 0 Å². The van der Waals surface area contributed by atoms with Gasteiger partial charge in [-0.3, -0.25) is 9.59 Å². The molecule has 0 spiro atoms. The third kappa shape index (κ3) is 2.25. The minimum atomic E-state index is -0.330. The van der Waals surface area contributed by atoms with Crippen molar-refractivity contribution in [2.75, 3.05) is 0 Å². The number of carbonyl (C=O) groups excluding carboxylic acids is 2. The molecule has 1 N–H and O–H groups in total. The summed E-state index contributed by atoms with van der Waals surface area (Å²) in [6.45, 7) is 0.384. The maximum atomic E-state index is 12.0. The van der Waals surface area contributed by atoms with Crippen LogP contribution >= 0.6 is 0 Å². The van der Waals surface area contributed by atoms with Crippen molar-refractivity contribution in [3.05, 3.63) is 24.2 Å². The molecule has 0 unspecified atom stereocenters. The van der Waals surface area contributed by atoms with Crippen molar-refractivity contribution in [3.63, 3.8) is 0 Å². The lowest BCUT2D eigenvalue weighted by Gasteiger charge is -2.23. The lowest BCUT2D eigenvalue weighted by molar-refractivity contribution is -0.136. The molecule has 5 nitrogen and oxygen atoms in total. The van der Waals surface area contributed by atoms with Crippen LogP contribution in [0.25, 0.3) is 0 Å². The largest absolute Gasteiger partial charge is 0.467 e. The van der Waals surface area contributed by atoms with Crippen molar-refractivity contribution in [2.24, 2.45) is 0 Å². The molecule has 3 rings (SSSR count). The lowest BCUT2D eigenvalue weighted by atomic mass is 10.2. The number of furan rings is 1. The number of nitrogens with zero attached hydrogens (tertiary/aromatic N) is 1. The molecule has 0 aromatic carbocycles. The van der Waals surface area contributed by atoms with Crippen molar-refractivity contribution >= 4 is 11.8 Å².